The molecule has 13 nitrogen and oxygen atoms in total. The van der Waals surface area contributed by atoms with E-state index in [4.69, 9.17) is 0 Å². The normalized spacial score (nSPS) is 19.3. The predicted molar refractivity (Wildman–Crippen MR) is 224 cm³/mol. The molecule has 14 heteroatoms. The zero-order chi connectivity index (χ0) is 41.1. The second-order valence-electron chi connectivity index (χ2n) is 15.7. The number of nitrogens with zero attached hydrogens (tertiary/aromatic N) is 2. The molecule has 5 unspecified atom stereocenters. The Kier molecular flexibility index (Phi) is 12.5. The molecule has 2 aliphatic rings. The van der Waals surface area contributed by atoms with E-state index in [1.165, 1.54) is 12.1 Å². The van der Waals surface area contributed by atoms with Crippen LogP contribution in [0, 0.1) is 5.82 Å². The number of hydrogen-bond donors (Lipinski definition) is 7. The molecular weight excluding hydrogens is 740 g/mol. The molecule has 308 valence electrons. The molecular formula is C44H55FN8O5. The highest BCUT2D eigenvalue weighted by molar-refractivity contribution is 6.09. The van der Waals surface area contributed by atoms with Gasteiger partial charge in [-0.05, 0) is 93.8 Å². The Morgan fingerprint density at radius 2 is 1.41 bits per heavy atom. The molecule has 7 N–H and O–H groups in total. The molecule has 5 aromatic rings. The van der Waals surface area contributed by atoms with Crippen LogP contribution in [-0.4, -0.2) is 119 Å². The Hall–Kier alpha value is -5.31. The van der Waals surface area contributed by atoms with E-state index < -0.39 is 30.0 Å². The fraction of sp³-hybridized carbons (Fsp3) is 0.455. The Labute approximate surface area is 337 Å². The number of H-pyrrole nitrogens is 2. The van der Waals surface area contributed by atoms with E-state index in [0.717, 1.165) is 62.4 Å². The number of amides is 4. The molecule has 58 heavy (non-hydrogen) atoms. The maximum absolute atomic E-state index is 14.9. The summed E-state index contributed by atoms with van der Waals surface area (Å²) < 4.78 is 14.9. The van der Waals surface area contributed by atoms with E-state index in [1.807, 2.05) is 30.9 Å². The van der Waals surface area contributed by atoms with Crippen LogP contribution in [0.3, 0.4) is 0 Å². The summed E-state index contributed by atoms with van der Waals surface area (Å²) in [5.74, 6) is -1.26. The minimum Gasteiger partial charge on any atom is -0.391 e. The van der Waals surface area contributed by atoms with E-state index >= 15 is 0 Å². The molecule has 0 bridgehead atoms. The first-order valence-electron chi connectivity index (χ1n) is 20.5. The number of nitrogens with one attached hydrogen (secondary N) is 6. The highest BCUT2D eigenvalue weighted by Gasteiger charge is 2.39. The van der Waals surface area contributed by atoms with E-state index in [9.17, 15) is 28.7 Å². The number of likely N-dealkylation sites (tertiary alicyclic amines) is 2. The summed E-state index contributed by atoms with van der Waals surface area (Å²) in [6, 6.07) is 15.1. The molecule has 0 radical (unpaired) electrons. The summed E-state index contributed by atoms with van der Waals surface area (Å²) >= 11 is 0. The number of aromatic amines is 2. The zero-order valence-electron chi connectivity index (χ0n) is 33.7. The number of fused-ring (bicyclic) bond motifs is 4. The van der Waals surface area contributed by atoms with Crippen LogP contribution in [0.4, 0.5) is 4.39 Å². The van der Waals surface area contributed by atoms with Crippen LogP contribution < -0.4 is 21.3 Å². The van der Waals surface area contributed by atoms with Crippen LogP contribution in [0.25, 0.3) is 44.0 Å². The van der Waals surface area contributed by atoms with Gasteiger partial charge in [0.25, 0.3) is 0 Å². The van der Waals surface area contributed by atoms with Crippen molar-refractivity contribution in [1.29, 1.82) is 0 Å². The molecule has 2 aromatic heterocycles. The Morgan fingerprint density at radius 3 is 2.10 bits per heavy atom. The highest BCUT2D eigenvalue weighted by atomic mass is 19.1. The van der Waals surface area contributed by atoms with Crippen molar-refractivity contribution in [2.75, 3.05) is 40.3 Å². The topological polar surface area (TPSA) is 175 Å². The minimum absolute atomic E-state index is 0.0758. The van der Waals surface area contributed by atoms with Gasteiger partial charge in [-0.25, -0.2) is 4.39 Å². The Morgan fingerprint density at radius 1 is 0.793 bits per heavy atom. The molecule has 3 aromatic carbocycles. The largest absolute Gasteiger partial charge is 0.391 e. The van der Waals surface area contributed by atoms with Gasteiger partial charge < -0.3 is 46.1 Å². The second kappa shape index (κ2) is 17.7. The van der Waals surface area contributed by atoms with E-state index in [2.05, 4.69) is 55.5 Å². The average molecular weight is 795 g/mol. The highest BCUT2D eigenvalue weighted by Crippen LogP contribution is 2.41. The number of benzene rings is 3. The first-order chi connectivity index (χ1) is 28.0. The van der Waals surface area contributed by atoms with Gasteiger partial charge in [-0.2, -0.15) is 0 Å². The maximum Gasteiger partial charge on any atom is 0.245 e. The first-order valence-corrected chi connectivity index (χ1v) is 20.5. The van der Waals surface area contributed by atoms with Crippen molar-refractivity contribution >= 4 is 56.2 Å². The van der Waals surface area contributed by atoms with Gasteiger partial charge in [-0.3, -0.25) is 19.2 Å². The number of aliphatic hydroxyl groups is 1. The molecule has 0 spiro atoms. The summed E-state index contributed by atoms with van der Waals surface area (Å²) in [6.45, 7) is 4.66. The number of rotatable bonds is 15. The molecule has 2 aliphatic heterocycles. The van der Waals surface area contributed by atoms with Gasteiger partial charge in [0.05, 0.1) is 36.1 Å². The SMILES string of the molecule is CCC(NC(=O)CNC)C(=O)N1CCCC1Cc1c(-c2[nH]c3cc(F)ccc3c2CC2CC(O)CN2C(=O)C(CC)NC(=O)CNC)[nH]c2c1ccc1ccccc12. The lowest BCUT2D eigenvalue weighted by Gasteiger charge is -2.29. The average Bonchev–Trinajstić information content (AvgIpc) is 4.00. The fourth-order valence-corrected chi connectivity index (χ4v) is 9.13. The van der Waals surface area contributed by atoms with E-state index in [-0.39, 0.29) is 49.3 Å². The fourth-order valence-electron chi connectivity index (χ4n) is 9.13. The quantitative estimate of drug-likeness (QED) is 0.0843. The smallest absolute Gasteiger partial charge is 0.245 e. The van der Waals surface area contributed by atoms with Crippen molar-refractivity contribution in [2.45, 2.75) is 89.1 Å². The predicted octanol–water partition coefficient (Wildman–Crippen LogP) is 3.87. The van der Waals surface area contributed by atoms with Crippen LogP contribution in [0.15, 0.2) is 54.6 Å². The van der Waals surface area contributed by atoms with Crippen LogP contribution in [0.1, 0.15) is 57.1 Å². The van der Waals surface area contributed by atoms with Crippen LogP contribution in [0.2, 0.25) is 0 Å². The third kappa shape index (κ3) is 8.18. The lowest BCUT2D eigenvalue weighted by molar-refractivity contribution is -0.137. The number of carbonyl (C=O) groups excluding carboxylic acids is 4. The molecule has 2 saturated heterocycles. The number of β-amino-alcohol motifs (C(OH)–C–C–N with tert-alkyl or cyclic N) is 1. The van der Waals surface area contributed by atoms with Gasteiger partial charge in [0, 0.05) is 46.8 Å². The van der Waals surface area contributed by atoms with Crippen molar-refractivity contribution in [3.8, 4) is 11.4 Å². The summed E-state index contributed by atoms with van der Waals surface area (Å²) in [4.78, 5) is 64.1. The van der Waals surface area contributed by atoms with Gasteiger partial charge in [0.15, 0.2) is 0 Å². The summed E-state index contributed by atoms with van der Waals surface area (Å²) in [6.07, 6.45) is 2.95. The van der Waals surface area contributed by atoms with Crippen LogP contribution in [0.5, 0.6) is 0 Å². The number of likely N-dealkylation sites (N-methyl/N-ethyl adjacent to an activating group) is 2. The molecule has 2 fully saturated rings. The number of carbonyl (C=O) groups is 4. The molecule has 4 amide bonds. The summed E-state index contributed by atoms with van der Waals surface area (Å²) in [5.41, 5.74) is 4.98. The third-order valence-electron chi connectivity index (χ3n) is 11.9. The number of aliphatic hydroxyl groups excluding tert-OH is 1. The van der Waals surface area contributed by atoms with Crippen LogP contribution in [-0.2, 0) is 32.0 Å². The summed E-state index contributed by atoms with van der Waals surface area (Å²) in [7, 11) is 3.36. The molecule has 4 heterocycles. The van der Waals surface area contributed by atoms with Gasteiger partial charge in [-0.1, -0.05) is 50.2 Å². The summed E-state index contributed by atoms with van der Waals surface area (Å²) in [5, 5.41) is 26.3. The third-order valence-corrected chi connectivity index (χ3v) is 11.9. The van der Waals surface area contributed by atoms with E-state index in [1.54, 1.807) is 25.1 Å². The first kappa shape index (κ1) is 40.9. The second-order valence-corrected chi connectivity index (χ2v) is 15.7. The lowest BCUT2D eigenvalue weighted by atomic mass is 9.94. The van der Waals surface area contributed by atoms with Gasteiger partial charge in [0.2, 0.25) is 23.6 Å². The van der Waals surface area contributed by atoms with Gasteiger partial charge in [-0.15, -0.1) is 0 Å². The van der Waals surface area contributed by atoms with E-state index in [0.29, 0.717) is 44.2 Å². The number of aromatic nitrogens is 2. The van der Waals surface area contributed by atoms with Crippen molar-refractivity contribution in [2.24, 2.45) is 0 Å². The number of halogens is 1. The Balaban J connectivity index is 1.31. The molecule has 0 saturated carbocycles. The lowest BCUT2D eigenvalue weighted by Crippen LogP contribution is -2.51. The van der Waals surface area contributed by atoms with Crippen molar-refractivity contribution in [3.05, 3.63) is 71.5 Å². The molecule has 5 atom stereocenters. The maximum atomic E-state index is 14.9. The molecule has 7 rings (SSSR count). The van der Waals surface area contributed by atoms with Crippen LogP contribution >= 0.6 is 0 Å². The Bertz CT molecular complexity index is 2320. The monoisotopic (exact) mass is 794 g/mol. The van der Waals surface area contributed by atoms with Crippen molar-refractivity contribution in [3.63, 3.8) is 0 Å². The molecule has 0 aliphatic carbocycles. The van der Waals surface area contributed by atoms with Crippen molar-refractivity contribution < 1.29 is 28.7 Å². The zero-order valence-corrected chi connectivity index (χ0v) is 33.7. The minimum atomic E-state index is -0.750. The van der Waals surface area contributed by atoms with Gasteiger partial charge in [0.1, 0.15) is 17.9 Å². The van der Waals surface area contributed by atoms with Gasteiger partial charge >= 0.3 is 0 Å². The van der Waals surface area contributed by atoms with Crippen molar-refractivity contribution in [1.82, 2.24) is 41.0 Å². The standard InChI is InChI=1S/C44H55FN8O5/c1-5-35(48-38(55)22-46-3)43(57)52-17-9-11-27(52)20-34-32-15-13-25-10-7-8-12-30(25)40(32)51-42(34)41-33(31-16-14-26(45)18-37(31)50-41)21-28-19-29(54)24-53(28)44(58)36(6-2)49-39(56)23-47-4/h7-8,10,12-16,18,27-29,35-36,46-47,50-51,54H,5-6,9,11,17,19-24H2,1-4H3,(H,48,55)(H,49,56). The number of hydrogen-bond acceptors (Lipinski definition) is 7.